The van der Waals surface area contributed by atoms with Crippen LogP contribution in [0.5, 0.6) is 0 Å². The van der Waals surface area contributed by atoms with Crippen molar-refractivity contribution in [2.45, 2.75) is 13.3 Å². The number of anilines is 1. The van der Waals surface area contributed by atoms with Crippen molar-refractivity contribution in [1.29, 1.82) is 0 Å². The number of aryl methyl sites for hydroxylation is 1. The first-order valence-electron chi connectivity index (χ1n) is 9.13. The van der Waals surface area contributed by atoms with E-state index < -0.39 is 0 Å². The fraction of sp³-hybridized carbons (Fsp3) is 0.227. The molecule has 3 N–H and O–H groups in total. The molecule has 0 saturated heterocycles. The fourth-order valence-corrected chi connectivity index (χ4v) is 3.23. The van der Waals surface area contributed by atoms with Gasteiger partial charge >= 0.3 is 7.98 Å². The predicted molar refractivity (Wildman–Crippen MR) is 122 cm³/mol. The Balaban J connectivity index is 0.00000210. The number of nitrogens with zero attached hydrogens (tertiary/aromatic N) is 2. The van der Waals surface area contributed by atoms with Crippen LogP contribution in [0.15, 0.2) is 48.2 Å². The third-order valence-corrected chi connectivity index (χ3v) is 4.68. The summed E-state index contributed by atoms with van der Waals surface area (Å²) in [6.07, 6.45) is 10.8. The molecule has 0 spiro atoms. The molecule has 0 aliphatic carbocycles. The number of benzene rings is 1. The standard InChI is InChI=1S/C22H26BN4.2FH/c1-16-15-18(9-6-17-7-10-19(11-8-17)26(2)3)25-22(16)20(12-13-24)21-5-4-14-27(21)23;;/h4-11,14-15,25H,12-13,24H2,1-3H3;2*1H/q+1;;. The summed E-state index contributed by atoms with van der Waals surface area (Å²) in [4.78, 5) is 5.62. The lowest BCUT2D eigenvalue weighted by molar-refractivity contribution is -0.294. The van der Waals surface area contributed by atoms with Crippen LogP contribution in [0.3, 0.4) is 0 Å². The summed E-state index contributed by atoms with van der Waals surface area (Å²) < 4.78 is 1.65. The second-order valence-electron chi connectivity index (χ2n) is 6.92. The van der Waals surface area contributed by atoms with Gasteiger partial charge in [-0.05, 0) is 55.3 Å². The van der Waals surface area contributed by atoms with Gasteiger partial charge in [-0.3, -0.25) is 13.9 Å². The number of H-pyrrole nitrogens is 1. The largest absolute Gasteiger partial charge is 0.586 e. The molecule has 2 heterocycles. The highest BCUT2D eigenvalue weighted by atomic mass is 19.0. The topological polar surface area (TPSA) is 48.1 Å². The second-order valence-corrected chi connectivity index (χ2v) is 6.92. The zero-order valence-electron chi connectivity index (χ0n) is 17.1. The Kier molecular flexibility index (Phi) is 8.79. The van der Waals surface area contributed by atoms with E-state index in [0.29, 0.717) is 6.54 Å². The first-order chi connectivity index (χ1) is 13.0. The van der Waals surface area contributed by atoms with Gasteiger partial charge in [0.2, 0.25) is 0 Å². The van der Waals surface area contributed by atoms with E-state index >= 15 is 0 Å². The van der Waals surface area contributed by atoms with E-state index in [1.165, 1.54) is 11.3 Å². The van der Waals surface area contributed by atoms with Crippen molar-refractivity contribution in [1.82, 2.24) is 4.98 Å². The van der Waals surface area contributed by atoms with Crippen molar-refractivity contribution in [2.75, 3.05) is 25.5 Å². The smallest absolute Gasteiger partial charge is 0.378 e. The van der Waals surface area contributed by atoms with Gasteiger partial charge in [-0.15, -0.1) is 0 Å². The third kappa shape index (κ3) is 5.54. The fourth-order valence-electron chi connectivity index (χ4n) is 3.23. The number of hydrogen-bond donors (Lipinski definition) is 2. The molecule has 1 aliphatic heterocycles. The molecule has 7 heteroatoms. The summed E-state index contributed by atoms with van der Waals surface area (Å²) in [6, 6.07) is 10.6. The van der Waals surface area contributed by atoms with Gasteiger partial charge in [0.15, 0.2) is 5.70 Å². The van der Waals surface area contributed by atoms with Crippen LogP contribution in [0, 0.1) is 6.92 Å². The number of hydrogen-bond acceptors (Lipinski definition) is 2. The highest BCUT2D eigenvalue weighted by Crippen LogP contribution is 2.27. The zero-order chi connectivity index (χ0) is 19.4. The molecule has 152 valence electrons. The van der Waals surface area contributed by atoms with Gasteiger partial charge < -0.3 is 15.6 Å². The molecule has 0 unspecified atom stereocenters. The Morgan fingerprint density at radius 1 is 1.17 bits per heavy atom. The first-order valence-corrected chi connectivity index (χ1v) is 9.13. The number of aromatic amines is 1. The van der Waals surface area contributed by atoms with Crippen molar-refractivity contribution in [2.24, 2.45) is 5.73 Å². The van der Waals surface area contributed by atoms with Crippen LogP contribution in [0.4, 0.5) is 15.1 Å². The van der Waals surface area contributed by atoms with E-state index in [2.05, 4.69) is 59.3 Å². The van der Waals surface area contributed by atoms with E-state index in [1.54, 1.807) is 4.49 Å². The van der Waals surface area contributed by atoms with E-state index in [1.807, 2.05) is 32.5 Å². The molecule has 0 atom stereocenters. The number of rotatable bonds is 6. The Morgan fingerprint density at radius 2 is 1.86 bits per heavy atom. The SMILES string of the molecule is F.F.[B][N+]1=CC=CC1=C(CCN)c1[nH]c(/C=C/c2ccc(N(C)C)cc2)cc1C. The van der Waals surface area contributed by atoms with Gasteiger partial charge in [-0.1, -0.05) is 18.2 Å². The average molecular weight is 397 g/mol. The predicted octanol–water partition coefficient (Wildman–Crippen LogP) is 3.66. The Labute approximate surface area is 172 Å². The van der Waals surface area contributed by atoms with Crippen LogP contribution in [-0.4, -0.2) is 44.3 Å². The minimum Gasteiger partial charge on any atom is -0.378 e. The van der Waals surface area contributed by atoms with E-state index in [0.717, 1.165) is 34.6 Å². The molecule has 3 rings (SSSR count). The summed E-state index contributed by atoms with van der Waals surface area (Å²) in [5.41, 5.74) is 13.7. The number of aromatic nitrogens is 1. The quantitative estimate of drug-likeness (QED) is 0.731. The first kappa shape index (κ1) is 24.1. The lowest BCUT2D eigenvalue weighted by atomic mass is 10.0. The summed E-state index contributed by atoms with van der Waals surface area (Å²) in [5, 5.41) is 0. The molecule has 1 aliphatic rings. The van der Waals surface area contributed by atoms with E-state index in [-0.39, 0.29) is 9.41 Å². The maximum absolute atomic E-state index is 6.06. The van der Waals surface area contributed by atoms with Gasteiger partial charge in [-0.2, -0.15) is 0 Å². The monoisotopic (exact) mass is 397 g/mol. The van der Waals surface area contributed by atoms with E-state index in [4.69, 9.17) is 13.7 Å². The molecule has 0 fully saturated rings. The summed E-state index contributed by atoms with van der Waals surface area (Å²) in [7, 11) is 10.1. The highest BCUT2D eigenvalue weighted by molar-refractivity contribution is 6.01. The molecule has 2 radical (unpaired) electrons. The molecule has 0 amide bonds. The Morgan fingerprint density at radius 3 is 2.41 bits per heavy atom. The molecular formula is C22H28BF2N4+. The zero-order valence-corrected chi connectivity index (χ0v) is 17.1. The number of halogens is 2. The van der Waals surface area contributed by atoms with Crippen molar-refractivity contribution < 1.29 is 13.9 Å². The lowest BCUT2D eigenvalue weighted by Gasteiger charge is -2.11. The number of allylic oxidation sites excluding steroid dienone is 2. The molecule has 1 aromatic carbocycles. The van der Waals surface area contributed by atoms with E-state index in [9.17, 15) is 0 Å². The molecule has 29 heavy (non-hydrogen) atoms. The molecule has 1 aromatic heterocycles. The van der Waals surface area contributed by atoms with Crippen molar-refractivity contribution >= 4 is 37.6 Å². The van der Waals surface area contributed by atoms with Gasteiger partial charge in [0.1, 0.15) is 6.21 Å². The molecule has 0 saturated carbocycles. The highest BCUT2D eigenvalue weighted by Gasteiger charge is 2.20. The van der Waals surface area contributed by atoms with Gasteiger partial charge in [0.05, 0.1) is 5.69 Å². The maximum atomic E-state index is 6.06. The molecule has 2 aromatic rings. The van der Waals surface area contributed by atoms with Crippen molar-refractivity contribution in [3.8, 4) is 0 Å². The molecule has 4 nitrogen and oxygen atoms in total. The lowest BCUT2D eigenvalue weighted by Crippen LogP contribution is -2.09. The minimum atomic E-state index is 0. The Bertz CT molecular complexity index is 938. The number of nitrogens with one attached hydrogen (secondary N) is 1. The summed E-state index contributed by atoms with van der Waals surface area (Å²) >= 11 is 0. The summed E-state index contributed by atoms with van der Waals surface area (Å²) in [5.74, 6) is 0. The van der Waals surface area contributed by atoms with Crippen LogP contribution in [0.25, 0.3) is 17.7 Å². The summed E-state index contributed by atoms with van der Waals surface area (Å²) in [6.45, 7) is 2.68. The van der Waals surface area contributed by atoms with Gasteiger partial charge in [0.25, 0.3) is 0 Å². The van der Waals surface area contributed by atoms with Crippen molar-refractivity contribution in [3.05, 3.63) is 70.7 Å². The third-order valence-electron chi connectivity index (χ3n) is 4.68. The van der Waals surface area contributed by atoms with Gasteiger partial charge in [-0.25, -0.2) is 0 Å². The second kappa shape index (κ2) is 10.6. The molecular weight excluding hydrogens is 369 g/mol. The van der Waals surface area contributed by atoms with Crippen LogP contribution in [0.2, 0.25) is 0 Å². The minimum absolute atomic E-state index is 0. The van der Waals surface area contributed by atoms with Crippen LogP contribution in [-0.2, 0) is 0 Å². The maximum Gasteiger partial charge on any atom is 0.586 e. The van der Waals surface area contributed by atoms with Crippen molar-refractivity contribution in [3.63, 3.8) is 0 Å². The van der Waals surface area contributed by atoms with Crippen LogP contribution >= 0.6 is 0 Å². The van der Waals surface area contributed by atoms with Gasteiger partial charge in [0, 0.05) is 43.2 Å². The van der Waals surface area contributed by atoms with Crippen LogP contribution in [0.1, 0.15) is 28.9 Å². The number of nitrogens with two attached hydrogens (primary N) is 1. The molecule has 0 bridgehead atoms. The Hall–Kier alpha value is -2.93. The normalized spacial score (nSPS) is 14.4. The average Bonchev–Trinajstić information content (AvgIpc) is 3.24. The van der Waals surface area contributed by atoms with Crippen LogP contribution < -0.4 is 10.6 Å².